The quantitative estimate of drug-likeness (QED) is 0.682. The van der Waals surface area contributed by atoms with Gasteiger partial charge in [-0.3, -0.25) is 9.78 Å². The summed E-state index contributed by atoms with van der Waals surface area (Å²) in [6.07, 6.45) is 3.93. The van der Waals surface area contributed by atoms with Crippen molar-refractivity contribution in [3.63, 3.8) is 0 Å². The maximum Gasteiger partial charge on any atom is 0.257 e. The number of pyridine rings is 1. The van der Waals surface area contributed by atoms with Gasteiger partial charge in [-0.2, -0.15) is 0 Å². The van der Waals surface area contributed by atoms with Crippen LogP contribution >= 0.6 is 0 Å². The van der Waals surface area contributed by atoms with Gasteiger partial charge in [0.1, 0.15) is 11.5 Å². The normalized spacial score (nSPS) is 16.8. The number of carbonyl (C=O) groups excluding carboxylic acids is 1. The van der Waals surface area contributed by atoms with E-state index in [2.05, 4.69) is 23.2 Å². The zero-order valence-electron chi connectivity index (χ0n) is 16.2. The van der Waals surface area contributed by atoms with E-state index in [0.717, 1.165) is 30.5 Å². The first-order chi connectivity index (χ1) is 13.7. The van der Waals surface area contributed by atoms with Crippen molar-refractivity contribution in [1.29, 1.82) is 0 Å². The van der Waals surface area contributed by atoms with Gasteiger partial charge in [0.15, 0.2) is 0 Å². The molecule has 28 heavy (non-hydrogen) atoms. The number of rotatable bonds is 4. The van der Waals surface area contributed by atoms with Crippen molar-refractivity contribution >= 4 is 16.7 Å². The number of likely N-dealkylation sites (tertiary alicyclic amines) is 1. The van der Waals surface area contributed by atoms with Crippen molar-refractivity contribution < 1.29 is 14.3 Å². The molecule has 1 aliphatic heterocycles. The van der Waals surface area contributed by atoms with Crippen molar-refractivity contribution in [3.8, 4) is 11.5 Å². The van der Waals surface area contributed by atoms with Crippen LogP contribution in [-0.2, 0) is 0 Å². The van der Waals surface area contributed by atoms with E-state index in [9.17, 15) is 4.79 Å². The zero-order chi connectivity index (χ0) is 19.5. The number of hydrogen-bond acceptors (Lipinski definition) is 4. The summed E-state index contributed by atoms with van der Waals surface area (Å²) in [5.74, 6) is 1.44. The molecule has 5 nitrogen and oxygen atoms in total. The fourth-order valence-electron chi connectivity index (χ4n) is 3.87. The van der Waals surface area contributed by atoms with E-state index < -0.39 is 0 Å². The van der Waals surface area contributed by atoms with E-state index in [1.165, 1.54) is 5.39 Å². The number of hydrogen-bond donors (Lipinski definition) is 0. The van der Waals surface area contributed by atoms with Crippen LogP contribution in [0.3, 0.4) is 0 Å². The van der Waals surface area contributed by atoms with Gasteiger partial charge in [0.25, 0.3) is 5.91 Å². The number of fused-ring (bicyclic) bond motifs is 1. The molecule has 1 atom stereocenters. The SMILES string of the molecule is COc1ccc(C(=O)N2CCC[C@H](c3cc4ccccc4cn3)C2)c(OC)c1. The van der Waals surface area contributed by atoms with E-state index >= 15 is 0 Å². The van der Waals surface area contributed by atoms with Crippen molar-refractivity contribution in [2.45, 2.75) is 18.8 Å². The van der Waals surface area contributed by atoms with E-state index in [0.29, 0.717) is 23.6 Å². The number of methoxy groups -OCH3 is 2. The molecule has 0 spiro atoms. The van der Waals surface area contributed by atoms with Crippen molar-refractivity contribution in [2.24, 2.45) is 0 Å². The van der Waals surface area contributed by atoms with E-state index in [1.54, 1.807) is 32.4 Å². The van der Waals surface area contributed by atoms with E-state index in [1.807, 2.05) is 23.2 Å². The number of amides is 1. The topological polar surface area (TPSA) is 51.7 Å². The van der Waals surface area contributed by atoms with Crippen molar-refractivity contribution in [2.75, 3.05) is 27.3 Å². The molecule has 0 saturated carbocycles. The minimum Gasteiger partial charge on any atom is -0.497 e. The van der Waals surface area contributed by atoms with Gasteiger partial charge in [0, 0.05) is 42.4 Å². The summed E-state index contributed by atoms with van der Waals surface area (Å²) in [7, 11) is 3.17. The third kappa shape index (κ3) is 3.52. The number of aromatic nitrogens is 1. The third-order valence-corrected chi connectivity index (χ3v) is 5.42. The smallest absolute Gasteiger partial charge is 0.257 e. The van der Waals surface area contributed by atoms with Gasteiger partial charge in [0.2, 0.25) is 0 Å². The number of benzene rings is 2. The lowest BCUT2D eigenvalue weighted by atomic mass is 9.93. The maximum absolute atomic E-state index is 13.2. The molecule has 1 fully saturated rings. The molecule has 144 valence electrons. The summed E-state index contributed by atoms with van der Waals surface area (Å²) in [6, 6.07) is 15.7. The molecular weight excluding hydrogens is 352 g/mol. The highest BCUT2D eigenvalue weighted by Crippen LogP contribution is 2.31. The molecule has 0 unspecified atom stereocenters. The Bertz CT molecular complexity index is 1000. The standard InChI is InChI=1S/C23H24N2O3/c1-27-19-9-10-20(22(13-19)28-2)23(26)25-11-5-8-18(15-25)21-12-16-6-3-4-7-17(16)14-24-21/h3-4,6-7,9-10,12-14,18H,5,8,11,15H2,1-2H3/t18-/m0/s1. The van der Waals surface area contributed by atoms with Gasteiger partial charge in [-0.25, -0.2) is 0 Å². The minimum atomic E-state index is -0.00927. The number of piperidine rings is 1. The van der Waals surface area contributed by atoms with Crippen LogP contribution in [0.25, 0.3) is 10.8 Å². The molecule has 1 aromatic heterocycles. The van der Waals surface area contributed by atoms with Gasteiger partial charge in [-0.05, 0) is 36.4 Å². The molecule has 2 aromatic carbocycles. The minimum absolute atomic E-state index is 0.00927. The molecule has 1 saturated heterocycles. The number of ether oxygens (including phenoxy) is 2. The molecule has 5 heteroatoms. The summed E-state index contributed by atoms with van der Waals surface area (Å²) >= 11 is 0. The predicted octanol–water partition coefficient (Wildman–Crippen LogP) is 4.27. The van der Waals surface area contributed by atoms with Gasteiger partial charge >= 0.3 is 0 Å². The Morgan fingerprint density at radius 2 is 1.89 bits per heavy atom. The van der Waals surface area contributed by atoms with Crippen LogP contribution in [0, 0.1) is 0 Å². The number of carbonyl (C=O) groups is 1. The summed E-state index contributed by atoms with van der Waals surface area (Å²) in [6.45, 7) is 1.41. The van der Waals surface area contributed by atoms with Crippen LogP contribution in [0.15, 0.2) is 54.7 Å². The Labute approximate surface area is 164 Å². The number of nitrogens with zero attached hydrogens (tertiary/aromatic N) is 2. The lowest BCUT2D eigenvalue weighted by Crippen LogP contribution is -2.39. The first-order valence-corrected chi connectivity index (χ1v) is 9.55. The molecule has 0 N–H and O–H groups in total. The highest BCUT2D eigenvalue weighted by molar-refractivity contribution is 5.97. The van der Waals surface area contributed by atoms with Crippen molar-refractivity contribution in [1.82, 2.24) is 9.88 Å². The molecule has 1 aliphatic rings. The molecule has 0 aliphatic carbocycles. The van der Waals surface area contributed by atoms with E-state index in [-0.39, 0.29) is 11.8 Å². The lowest BCUT2D eigenvalue weighted by Gasteiger charge is -2.33. The third-order valence-electron chi connectivity index (χ3n) is 5.42. The Kier molecular flexibility index (Phi) is 5.15. The summed E-state index contributed by atoms with van der Waals surface area (Å²) in [4.78, 5) is 19.7. The lowest BCUT2D eigenvalue weighted by molar-refractivity contribution is 0.0702. The fraction of sp³-hybridized carbons (Fsp3) is 0.304. The summed E-state index contributed by atoms with van der Waals surface area (Å²) in [5, 5.41) is 2.32. The van der Waals surface area contributed by atoms with Gasteiger partial charge in [0.05, 0.1) is 19.8 Å². The van der Waals surface area contributed by atoms with Gasteiger partial charge < -0.3 is 14.4 Å². The first-order valence-electron chi connectivity index (χ1n) is 9.55. The Morgan fingerprint density at radius 3 is 2.68 bits per heavy atom. The van der Waals surface area contributed by atoms with Crippen LogP contribution in [0.5, 0.6) is 11.5 Å². The van der Waals surface area contributed by atoms with Gasteiger partial charge in [-0.1, -0.05) is 24.3 Å². The second kappa shape index (κ2) is 7.89. The zero-order valence-corrected chi connectivity index (χ0v) is 16.2. The largest absolute Gasteiger partial charge is 0.497 e. The van der Waals surface area contributed by atoms with Crippen LogP contribution in [0.2, 0.25) is 0 Å². The van der Waals surface area contributed by atoms with Crippen LogP contribution < -0.4 is 9.47 Å². The Hall–Kier alpha value is -3.08. The molecular formula is C23H24N2O3. The van der Waals surface area contributed by atoms with Crippen LogP contribution in [-0.4, -0.2) is 43.1 Å². The first kappa shape index (κ1) is 18.3. The van der Waals surface area contributed by atoms with Crippen LogP contribution in [0.1, 0.15) is 34.8 Å². The predicted molar refractivity (Wildman–Crippen MR) is 109 cm³/mol. The Morgan fingerprint density at radius 1 is 1.07 bits per heavy atom. The second-order valence-electron chi connectivity index (χ2n) is 7.11. The summed E-state index contributed by atoms with van der Waals surface area (Å²) in [5.41, 5.74) is 1.62. The van der Waals surface area contributed by atoms with Crippen LogP contribution in [0.4, 0.5) is 0 Å². The molecule has 4 rings (SSSR count). The second-order valence-corrected chi connectivity index (χ2v) is 7.11. The highest BCUT2D eigenvalue weighted by Gasteiger charge is 2.28. The molecule has 0 bridgehead atoms. The molecule has 3 aromatic rings. The fourth-order valence-corrected chi connectivity index (χ4v) is 3.87. The highest BCUT2D eigenvalue weighted by atomic mass is 16.5. The van der Waals surface area contributed by atoms with E-state index in [4.69, 9.17) is 9.47 Å². The molecule has 2 heterocycles. The molecule has 0 radical (unpaired) electrons. The average molecular weight is 376 g/mol. The summed E-state index contributed by atoms with van der Waals surface area (Å²) < 4.78 is 10.7. The monoisotopic (exact) mass is 376 g/mol. The maximum atomic E-state index is 13.2. The molecule has 1 amide bonds. The average Bonchev–Trinajstić information content (AvgIpc) is 2.77. The van der Waals surface area contributed by atoms with Gasteiger partial charge in [-0.15, -0.1) is 0 Å². The Balaban J connectivity index is 1.57. The van der Waals surface area contributed by atoms with Crippen molar-refractivity contribution in [3.05, 3.63) is 66.0 Å².